The van der Waals surface area contributed by atoms with Crippen molar-refractivity contribution in [2.24, 2.45) is 5.41 Å². The summed E-state index contributed by atoms with van der Waals surface area (Å²) in [6.45, 7) is 23.3. The van der Waals surface area contributed by atoms with E-state index in [1.54, 1.807) is 12.1 Å². The molecule has 1 unspecified atom stereocenters. The van der Waals surface area contributed by atoms with Crippen molar-refractivity contribution in [3.63, 3.8) is 0 Å². The second kappa shape index (κ2) is 18.5. The highest BCUT2D eigenvalue weighted by molar-refractivity contribution is 5.51. The zero-order valence-corrected chi connectivity index (χ0v) is 34.4. The number of aliphatic hydroxyl groups is 1. The molecule has 0 saturated heterocycles. The predicted octanol–water partition coefficient (Wildman–Crippen LogP) is 12.1. The van der Waals surface area contributed by atoms with E-state index < -0.39 is 6.10 Å². The number of terminal acetylenes is 1. The predicted molar refractivity (Wildman–Crippen MR) is 225 cm³/mol. The van der Waals surface area contributed by atoms with Gasteiger partial charge in [-0.25, -0.2) is 0 Å². The summed E-state index contributed by atoms with van der Waals surface area (Å²) < 4.78 is 0. The van der Waals surface area contributed by atoms with E-state index in [-0.39, 0.29) is 16.2 Å². The minimum Gasteiger partial charge on any atom is -0.508 e. The number of phenolic OH excluding ortho intramolecular Hbond substituents is 2. The van der Waals surface area contributed by atoms with Crippen LogP contribution in [-0.2, 0) is 10.8 Å². The van der Waals surface area contributed by atoms with Gasteiger partial charge in [-0.2, -0.15) is 0 Å². The van der Waals surface area contributed by atoms with Gasteiger partial charge in [0.05, 0.1) is 0 Å². The minimum absolute atomic E-state index is 0.0453. The topological polar surface area (TPSA) is 60.7 Å². The van der Waals surface area contributed by atoms with E-state index in [0.29, 0.717) is 11.5 Å². The third kappa shape index (κ3) is 9.57. The molecule has 3 heteroatoms. The number of benzene rings is 4. The van der Waals surface area contributed by atoms with Crippen molar-refractivity contribution < 1.29 is 15.3 Å². The average molecular weight is 713 g/mol. The molecule has 1 atom stereocenters. The molecular formula is C50H64O3. The number of rotatable bonds is 12. The number of hydrogen-bond donors (Lipinski definition) is 3. The molecule has 53 heavy (non-hydrogen) atoms. The van der Waals surface area contributed by atoms with E-state index in [9.17, 15) is 15.3 Å². The lowest BCUT2D eigenvalue weighted by Gasteiger charge is -2.34. The van der Waals surface area contributed by atoms with E-state index in [0.717, 1.165) is 78.3 Å². The molecule has 0 radical (unpaired) electrons. The molecule has 0 aliphatic rings. The summed E-state index contributed by atoms with van der Waals surface area (Å²) in [5.41, 5.74) is 10.7. The van der Waals surface area contributed by atoms with Gasteiger partial charge in [-0.15, -0.1) is 6.42 Å². The first kappa shape index (κ1) is 43.0. The monoisotopic (exact) mass is 712 g/mol. The molecule has 4 aromatic carbocycles. The maximum atomic E-state index is 10.6. The van der Waals surface area contributed by atoms with Gasteiger partial charge in [-0.1, -0.05) is 128 Å². The summed E-state index contributed by atoms with van der Waals surface area (Å²) in [6, 6.07) is 24.8. The molecule has 0 amide bonds. The van der Waals surface area contributed by atoms with Crippen molar-refractivity contribution in [2.45, 2.75) is 138 Å². The van der Waals surface area contributed by atoms with Gasteiger partial charge < -0.3 is 15.3 Å². The summed E-state index contributed by atoms with van der Waals surface area (Å²) in [5, 5.41) is 30.4. The van der Waals surface area contributed by atoms with Crippen LogP contribution in [0.15, 0.2) is 72.8 Å². The molecule has 3 N–H and O–H groups in total. The Hall–Kier alpha value is -4.44. The normalized spacial score (nSPS) is 12.2. The van der Waals surface area contributed by atoms with Crippen molar-refractivity contribution in [3.8, 4) is 35.7 Å². The van der Waals surface area contributed by atoms with Crippen LogP contribution in [0.5, 0.6) is 11.5 Å². The summed E-state index contributed by atoms with van der Waals surface area (Å²) >= 11 is 0. The van der Waals surface area contributed by atoms with Gasteiger partial charge in [0.1, 0.15) is 17.6 Å². The fraction of sp³-hybridized carbons (Fsp3) is 0.440. The van der Waals surface area contributed by atoms with Crippen molar-refractivity contribution in [1.29, 1.82) is 0 Å². The first-order valence-corrected chi connectivity index (χ1v) is 19.6. The molecule has 4 rings (SSSR count). The smallest absolute Gasteiger partial charge is 0.120 e. The van der Waals surface area contributed by atoms with Crippen LogP contribution in [0.25, 0.3) is 0 Å². The van der Waals surface area contributed by atoms with Crippen LogP contribution in [-0.4, -0.2) is 21.4 Å². The molecule has 0 bridgehead atoms. The Morgan fingerprint density at radius 3 is 1.30 bits per heavy atom. The Bertz CT molecular complexity index is 1940. The Kier molecular flexibility index (Phi) is 15.0. The zero-order chi connectivity index (χ0) is 39.6. The van der Waals surface area contributed by atoms with E-state index in [1.165, 1.54) is 22.3 Å². The number of hydrogen-bond acceptors (Lipinski definition) is 3. The highest BCUT2D eigenvalue weighted by Gasteiger charge is 2.33. The Morgan fingerprint density at radius 1 is 0.585 bits per heavy atom. The SMILES string of the molecule is C#Cc1ccc(C(CC)(CC)c2ccc(O)c(C)c2)cc1C.CCCCC(C)(C)C(O)C#Cc1ccc(C(CC)(CC)c2ccc(O)c(C)c2)cc1C. The fourth-order valence-electron chi connectivity index (χ4n) is 7.71. The molecule has 0 spiro atoms. The molecular weight excluding hydrogens is 649 g/mol. The van der Waals surface area contributed by atoms with Gasteiger partial charge >= 0.3 is 0 Å². The van der Waals surface area contributed by atoms with E-state index in [1.807, 2.05) is 32.0 Å². The third-order valence-electron chi connectivity index (χ3n) is 11.9. The first-order valence-electron chi connectivity index (χ1n) is 19.6. The number of aryl methyl sites for hydroxylation is 4. The molecule has 0 aliphatic heterocycles. The fourth-order valence-corrected chi connectivity index (χ4v) is 7.71. The van der Waals surface area contributed by atoms with Crippen LogP contribution >= 0.6 is 0 Å². The zero-order valence-electron chi connectivity index (χ0n) is 34.4. The molecule has 0 aliphatic carbocycles. The van der Waals surface area contributed by atoms with Crippen LogP contribution in [0.2, 0.25) is 0 Å². The number of aliphatic hydroxyl groups excluding tert-OH is 1. The molecule has 4 aromatic rings. The first-order chi connectivity index (χ1) is 25.1. The average Bonchev–Trinajstić information content (AvgIpc) is 3.15. The summed E-state index contributed by atoms with van der Waals surface area (Å²) in [6.07, 6.45) is 12.1. The van der Waals surface area contributed by atoms with Gasteiger partial charge in [-0.05, 0) is 129 Å². The molecule has 0 aromatic heterocycles. The lowest BCUT2D eigenvalue weighted by Crippen LogP contribution is -2.27. The molecule has 0 heterocycles. The highest BCUT2D eigenvalue weighted by Crippen LogP contribution is 2.42. The van der Waals surface area contributed by atoms with Crippen molar-refractivity contribution in [2.75, 3.05) is 0 Å². The Balaban J connectivity index is 0.000000302. The van der Waals surface area contributed by atoms with Gasteiger partial charge in [0.15, 0.2) is 0 Å². The number of aromatic hydroxyl groups is 2. The molecule has 3 nitrogen and oxygen atoms in total. The second-order valence-corrected chi connectivity index (χ2v) is 15.5. The van der Waals surface area contributed by atoms with E-state index in [2.05, 4.69) is 123 Å². The molecule has 282 valence electrons. The maximum Gasteiger partial charge on any atom is 0.120 e. The van der Waals surface area contributed by atoms with E-state index in [4.69, 9.17) is 6.42 Å². The lowest BCUT2D eigenvalue weighted by molar-refractivity contribution is 0.0893. The Labute approximate surface area is 321 Å². The van der Waals surface area contributed by atoms with Crippen molar-refractivity contribution >= 4 is 0 Å². The number of phenols is 2. The van der Waals surface area contributed by atoms with Crippen LogP contribution in [0.1, 0.15) is 149 Å². The standard InChI is InChI=1S/C29H40O2.C21H24O/c1-8-11-18-28(6,7)27(31)17-13-23-12-14-24(19-21(23)4)29(9-2,10-3)25-15-16-26(30)22(5)20-25;1-6-17-9-10-18(13-15(17)4)21(7-2,8-3)19-11-12-20(22)16(5)14-19/h12,14-16,19-20,27,30-31H,8-11,18H2,1-7H3;1,9-14,22H,7-8H2,2-5H3. The van der Waals surface area contributed by atoms with Gasteiger partial charge in [0.2, 0.25) is 0 Å². The molecule has 0 saturated carbocycles. The quantitative estimate of drug-likeness (QED) is 0.128. The molecule has 0 fully saturated rings. The maximum absolute atomic E-state index is 10.6. The lowest BCUT2D eigenvalue weighted by atomic mass is 9.70. The third-order valence-corrected chi connectivity index (χ3v) is 11.9. The second-order valence-electron chi connectivity index (χ2n) is 15.5. The van der Waals surface area contributed by atoms with Gasteiger partial charge in [0.25, 0.3) is 0 Å². The van der Waals surface area contributed by atoms with Crippen LogP contribution in [0.3, 0.4) is 0 Å². The van der Waals surface area contributed by atoms with Crippen LogP contribution < -0.4 is 0 Å². The largest absolute Gasteiger partial charge is 0.508 e. The van der Waals surface area contributed by atoms with Gasteiger partial charge in [0, 0.05) is 27.4 Å². The number of unbranched alkanes of at least 4 members (excludes halogenated alkanes) is 1. The minimum atomic E-state index is -0.636. The van der Waals surface area contributed by atoms with Crippen LogP contribution in [0, 0.1) is 57.3 Å². The van der Waals surface area contributed by atoms with Crippen molar-refractivity contribution in [3.05, 3.63) is 128 Å². The summed E-state index contributed by atoms with van der Waals surface area (Å²) in [7, 11) is 0. The van der Waals surface area contributed by atoms with Gasteiger partial charge in [-0.3, -0.25) is 0 Å². The highest BCUT2D eigenvalue weighted by atomic mass is 16.3. The van der Waals surface area contributed by atoms with Crippen molar-refractivity contribution in [1.82, 2.24) is 0 Å². The summed E-state index contributed by atoms with van der Waals surface area (Å²) in [4.78, 5) is 0. The van der Waals surface area contributed by atoms with E-state index >= 15 is 0 Å². The summed E-state index contributed by atoms with van der Waals surface area (Å²) in [5.74, 6) is 9.76. The van der Waals surface area contributed by atoms with Crippen LogP contribution in [0.4, 0.5) is 0 Å². The Morgan fingerprint density at radius 2 is 0.962 bits per heavy atom.